The summed E-state index contributed by atoms with van der Waals surface area (Å²) in [6.07, 6.45) is -5.59. The lowest BCUT2D eigenvalue weighted by Gasteiger charge is -2.24. The molecule has 0 fully saturated rings. The van der Waals surface area contributed by atoms with E-state index in [-0.39, 0.29) is 41.0 Å². The molecule has 0 aliphatic heterocycles. The molecular formula is C22H20Cl5F3N2O2. The summed E-state index contributed by atoms with van der Waals surface area (Å²) in [6, 6.07) is 9.06. The molecule has 0 heterocycles. The van der Waals surface area contributed by atoms with Crippen LogP contribution in [-0.2, 0) is 4.79 Å². The van der Waals surface area contributed by atoms with Gasteiger partial charge in [0, 0.05) is 46.4 Å². The van der Waals surface area contributed by atoms with E-state index >= 15 is 0 Å². The molecule has 2 aromatic rings. The Bertz CT molecular complexity index is 1000. The van der Waals surface area contributed by atoms with Crippen LogP contribution in [-0.4, -0.2) is 36.3 Å². The zero-order valence-corrected chi connectivity index (χ0v) is 21.3. The van der Waals surface area contributed by atoms with Crippen LogP contribution in [0.3, 0.4) is 0 Å². The molecule has 0 saturated heterocycles. The zero-order chi connectivity index (χ0) is 25.5. The van der Waals surface area contributed by atoms with Gasteiger partial charge in [-0.15, -0.1) is 23.2 Å². The number of nitrogens with one attached hydrogen (secondary N) is 2. The molecule has 2 amide bonds. The molecule has 0 aliphatic carbocycles. The van der Waals surface area contributed by atoms with Gasteiger partial charge in [0.05, 0.1) is 16.5 Å². The summed E-state index contributed by atoms with van der Waals surface area (Å²) in [7, 11) is 0. The lowest BCUT2D eigenvalue weighted by atomic mass is 9.88. The molecule has 12 heteroatoms. The quantitative estimate of drug-likeness (QED) is 0.226. The summed E-state index contributed by atoms with van der Waals surface area (Å²) >= 11 is 30.4. The first-order valence-electron chi connectivity index (χ1n) is 9.98. The SMILES string of the molecule is O=C(NCCCC(F)(F)F)c1cc(NC(=O)C(CCl)C(CCl)c2cc(Cl)cc(Cl)c2)ccc1Cl. The monoisotopic (exact) mass is 576 g/mol. The van der Waals surface area contributed by atoms with Gasteiger partial charge in [0.1, 0.15) is 0 Å². The van der Waals surface area contributed by atoms with E-state index in [9.17, 15) is 22.8 Å². The van der Waals surface area contributed by atoms with E-state index in [1.54, 1.807) is 18.2 Å². The third-order valence-electron chi connectivity index (χ3n) is 4.87. The average molecular weight is 579 g/mol. The van der Waals surface area contributed by atoms with Crippen LogP contribution in [0.25, 0.3) is 0 Å². The van der Waals surface area contributed by atoms with Crippen LogP contribution in [0.2, 0.25) is 15.1 Å². The largest absolute Gasteiger partial charge is 0.389 e. The Balaban J connectivity index is 2.14. The summed E-state index contributed by atoms with van der Waals surface area (Å²) in [5.74, 6) is -2.38. The van der Waals surface area contributed by atoms with Crippen molar-refractivity contribution in [3.63, 3.8) is 0 Å². The van der Waals surface area contributed by atoms with Gasteiger partial charge in [-0.1, -0.05) is 34.8 Å². The highest BCUT2D eigenvalue weighted by atomic mass is 35.5. The summed E-state index contributed by atoms with van der Waals surface area (Å²) in [4.78, 5) is 25.4. The summed E-state index contributed by atoms with van der Waals surface area (Å²) in [5.41, 5.74) is 0.898. The molecule has 2 unspecified atom stereocenters. The topological polar surface area (TPSA) is 58.2 Å². The number of anilines is 1. The van der Waals surface area contributed by atoms with Crippen molar-refractivity contribution in [3.8, 4) is 0 Å². The molecule has 2 rings (SSSR count). The lowest BCUT2D eigenvalue weighted by molar-refractivity contribution is -0.135. The average Bonchev–Trinajstić information content (AvgIpc) is 2.74. The molecule has 186 valence electrons. The molecule has 0 aromatic heterocycles. The Morgan fingerprint density at radius 3 is 2.15 bits per heavy atom. The van der Waals surface area contributed by atoms with Gasteiger partial charge in [0.25, 0.3) is 5.91 Å². The van der Waals surface area contributed by atoms with Crippen molar-refractivity contribution < 1.29 is 22.8 Å². The van der Waals surface area contributed by atoms with Crippen LogP contribution in [0.15, 0.2) is 36.4 Å². The Kier molecular flexibility index (Phi) is 11.1. The third-order valence-corrected chi connectivity index (χ3v) is 6.30. The summed E-state index contributed by atoms with van der Waals surface area (Å²) < 4.78 is 36.8. The van der Waals surface area contributed by atoms with Crippen LogP contribution < -0.4 is 10.6 Å². The molecule has 34 heavy (non-hydrogen) atoms. The van der Waals surface area contributed by atoms with Crippen LogP contribution in [0.4, 0.5) is 18.9 Å². The van der Waals surface area contributed by atoms with Gasteiger partial charge in [-0.25, -0.2) is 0 Å². The van der Waals surface area contributed by atoms with Crippen LogP contribution in [0, 0.1) is 5.92 Å². The van der Waals surface area contributed by atoms with Crippen LogP contribution in [0.1, 0.15) is 34.7 Å². The lowest BCUT2D eigenvalue weighted by Crippen LogP contribution is -2.31. The Labute approximate surface area is 220 Å². The number of benzene rings is 2. The van der Waals surface area contributed by atoms with Crippen molar-refractivity contribution in [2.75, 3.05) is 23.6 Å². The highest BCUT2D eigenvalue weighted by Gasteiger charge is 2.29. The first-order valence-corrected chi connectivity index (χ1v) is 12.2. The molecular weight excluding hydrogens is 559 g/mol. The normalized spacial score (nSPS) is 13.3. The molecule has 0 saturated carbocycles. The number of amides is 2. The first kappa shape index (κ1) is 28.9. The van der Waals surface area contributed by atoms with Crippen molar-refractivity contribution >= 4 is 75.5 Å². The van der Waals surface area contributed by atoms with E-state index in [4.69, 9.17) is 58.0 Å². The minimum absolute atomic E-state index is 0.00409. The van der Waals surface area contributed by atoms with Gasteiger partial charge in [0.2, 0.25) is 5.91 Å². The van der Waals surface area contributed by atoms with E-state index in [2.05, 4.69) is 10.6 Å². The number of alkyl halides is 5. The second kappa shape index (κ2) is 13.1. The van der Waals surface area contributed by atoms with Crippen molar-refractivity contribution in [2.24, 2.45) is 5.92 Å². The molecule has 0 radical (unpaired) electrons. The van der Waals surface area contributed by atoms with Gasteiger partial charge in [-0.3, -0.25) is 9.59 Å². The van der Waals surface area contributed by atoms with E-state index < -0.39 is 36.2 Å². The number of halogens is 8. The first-order chi connectivity index (χ1) is 15.9. The van der Waals surface area contributed by atoms with Gasteiger partial charge >= 0.3 is 6.18 Å². The smallest absolute Gasteiger partial charge is 0.352 e. The van der Waals surface area contributed by atoms with E-state index in [1.807, 2.05) is 0 Å². The predicted molar refractivity (Wildman–Crippen MR) is 132 cm³/mol. The molecule has 4 nitrogen and oxygen atoms in total. The van der Waals surface area contributed by atoms with Crippen molar-refractivity contribution in [3.05, 3.63) is 62.6 Å². The molecule has 2 atom stereocenters. The standard InChI is InChI=1S/C22H20Cl5F3N2O2/c23-10-17(12-6-13(25)8-14(26)7-12)18(11-24)21(34)32-15-2-3-19(27)16(9-15)20(33)31-5-1-4-22(28,29)30/h2-3,6-9,17-18H,1,4-5,10-11H2,(H,31,33)(H,32,34). The maximum atomic E-state index is 13.0. The van der Waals surface area contributed by atoms with E-state index in [0.29, 0.717) is 15.6 Å². The number of rotatable bonds is 10. The second-order valence-electron chi connectivity index (χ2n) is 7.38. The molecule has 2 aromatic carbocycles. The summed E-state index contributed by atoms with van der Waals surface area (Å²) in [5, 5.41) is 5.91. The van der Waals surface area contributed by atoms with E-state index in [0.717, 1.165) is 0 Å². The van der Waals surface area contributed by atoms with E-state index in [1.165, 1.54) is 18.2 Å². The minimum Gasteiger partial charge on any atom is -0.352 e. The van der Waals surface area contributed by atoms with Crippen LogP contribution >= 0.6 is 58.0 Å². The maximum absolute atomic E-state index is 13.0. The number of carbonyl (C=O) groups excluding carboxylic acids is 2. The molecule has 0 aliphatic rings. The fraction of sp³-hybridized carbons (Fsp3) is 0.364. The number of hydrogen-bond donors (Lipinski definition) is 2. The highest BCUT2D eigenvalue weighted by Crippen LogP contribution is 2.33. The third kappa shape index (κ3) is 8.68. The van der Waals surface area contributed by atoms with Gasteiger partial charge < -0.3 is 10.6 Å². The molecule has 2 N–H and O–H groups in total. The molecule has 0 spiro atoms. The Hall–Kier alpha value is -1.38. The van der Waals surface area contributed by atoms with Crippen molar-refractivity contribution in [2.45, 2.75) is 24.9 Å². The van der Waals surface area contributed by atoms with Crippen molar-refractivity contribution in [1.29, 1.82) is 0 Å². The minimum atomic E-state index is -4.30. The Morgan fingerprint density at radius 1 is 0.941 bits per heavy atom. The van der Waals surface area contributed by atoms with Gasteiger partial charge in [-0.05, 0) is 48.4 Å². The van der Waals surface area contributed by atoms with Crippen LogP contribution in [0.5, 0.6) is 0 Å². The van der Waals surface area contributed by atoms with Gasteiger partial charge in [-0.2, -0.15) is 13.2 Å². The molecule has 0 bridgehead atoms. The highest BCUT2D eigenvalue weighted by molar-refractivity contribution is 6.35. The Morgan fingerprint density at radius 2 is 1.59 bits per heavy atom. The zero-order valence-electron chi connectivity index (χ0n) is 17.5. The van der Waals surface area contributed by atoms with Gasteiger partial charge in [0.15, 0.2) is 0 Å². The number of hydrogen-bond acceptors (Lipinski definition) is 2. The van der Waals surface area contributed by atoms with Crippen molar-refractivity contribution in [1.82, 2.24) is 5.32 Å². The fourth-order valence-corrected chi connectivity index (χ4v) is 4.67. The fourth-order valence-electron chi connectivity index (χ4n) is 3.18. The maximum Gasteiger partial charge on any atom is 0.389 e. The second-order valence-corrected chi connectivity index (χ2v) is 9.28. The summed E-state index contributed by atoms with van der Waals surface area (Å²) in [6.45, 7) is -0.181. The predicted octanol–water partition coefficient (Wildman–Crippen LogP) is 7.54. The number of carbonyl (C=O) groups is 2.